The maximum absolute atomic E-state index is 12.8. The van der Waals surface area contributed by atoms with Crippen LogP contribution in [0.25, 0.3) is 0 Å². The lowest BCUT2D eigenvalue weighted by Gasteiger charge is -2.06. The van der Waals surface area contributed by atoms with E-state index in [-0.39, 0.29) is 11.0 Å². The van der Waals surface area contributed by atoms with Gasteiger partial charge in [-0.1, -0.05) is 0 Å². The van der Waals surface area contributed by atoms with E-state index in [1.807, 2.05) is 0 Å². The van der Waals surface area contributed by atoms with Gasteiger partial charge in [0, 0.05) is 18.5 Å². The van der Waals surface area contributed by atoms with Crippen LogP contribution in [0.3, 0.4) is 0 Å². The molecule has 0 aliphatic heterocycles. The van der Waals surface area contributed by atoms with E-state index in [1.54, 1.807) is 19.3 Å². The molecule has 0 radical (unpaired) electrons. The molecule has 0 bridgehead atoms. The minimum absolute atomic E-state index is 0.111. The van der Waals surface area contributed by atoms with Crippen LogP contribution in [0.4, 0.5) is 18.9 Å². The maximum Gasteiger partial charge on any atom is 0.272 e. The van der Waals surface area contributed by atoms with Gasteiger partial charge in [-0.3, -0.25) is 4.68 Å². The van der Waals surface area contributed by atoms with Crippen molar-refractivity contribution in [3.8, 4) is 5.88 Å². The Morgan fingerprint density at radius 2 is 2.26 bits per heavy atom. The lowest BCUT2D eigenvalue weighted by atomic mass is 10.4. The minimum atomic E-state index is -2.55. The van der Waals surface area contributed by atoms with Crippen molar-refractivity contribution in [2.24, 2.45) is 7.05 Å². The standard InChI is InChI=1S/C11H12F3N3OS/c1-17-5-8(11(16-17)18-6-9(12)13)15-4-7-2-3-10(14)19-7/h2-3,5,9,15H,4,6H2,1H3. The zero-order chi connectivity index (χ0) is 13.8. The molecule has 0 fully saturated rings. The summed E-state index contributed by atoms with van der Waals surface area (Å²) >= 11 is 1.02. The summed E-state index contributed by atoms with van der Waals surface area (Å²) in [6.07, 6.45) is -0.939. The van der Waals surface area contributed by atoms with Crippen LogP contribution in [0.15, 0.2) is 18.3 Å². The fourth-order valence-electron chi connectivity index (χ4n) is 1.47. The van der Waals surface area contributed by atoms with Gasteiger partial charge >= 0.3 is 0 Å². The average Bonchev–Trinajstić information content (AvgIpc) is 2.90. The molecular weight excluding hydrogens is 279 g/mol. The molecule has 0 amide bonds. The maximum atomic E-state index is 12.8. The molecule has 0 aromatic carbocycles. The topological polar surface area (TPSA) is 39.1 Å². The van der Waals surface area contributed by atoms with Gasteiger partial charge in [0.05, 0.1) is 6.20 Å². The van der Waals surface area contributed by atoms with E-state index in [1.165, 1.54) is 10.7 Å². The lowest BCUT2D eigenvalue weighted by molar-refractivity contribution is 0.0796. The van der Waals surface area contributed by atoms with Crippen molar-refractivity contribution in [3.05, 3.63) is 28.3 Å². The number of hydrogen-bond donors (Lipinski definition) is 1. The van der Waals surface area contributed by atoms with E-state index >= 15 is 0 Å². The van der Waals surface area contributed by atoms with Gasteiger partial charge in [0.15, 0.2) is 11.7 Å². The highest BCUT2D eigenvalue weighted by molar-refractivity contribution is 7.10. The summed E-state index contributed by atoms with van der Waals surface area (Å²) in [5, 5.41) is 6.64. The van der Waals surface area contributed by atoms with Crippen molar-refractivity contribution in [2.45, 2.75) is 13.0 Å². The molecule has 0 aliphatic rings. The smallest absolute Gasteiger partial charge is 0.272 e. The molecule has 8 heteroatoms. The third-order valence-electron chi connectivity index (χ3n) is 2.22. The van der Waals surface area contributed by atoms with Crippen LogP contribution < -0.4 is 10.1 Å². The van der Waals surface area contributed by atoms with E-state index in [2.05, 4.69) is 10.4 Å². The van der Waals surface area contributed by atoms with Crippen LogP contribution in [-0.2, 0) is 13.6 Å². The molecule has 2 aromatic heterocycles. The van der Waals surface area contributed by atoms with Gasteiger partial charge in [0.1, 0.15) is 5.69 Å². The molecule has 0 spiro atoms. The first kappa shape index (κ1) is 13.7. The highest BCUT2D eigenvalue weighted by Crippen LogP contribution is 2.24. The Morgan fingerprint density at radius 3 is 2.89 bits per heavy atom. The van der Waals surface area contributed by atoms with E-state index in [0.717, 1.165) is 16.2 Å². The average molecular weight is 291 g/mol. The second-order valence-electron chi connectivity index (χ2n) is 3.78. The summed E-state index contributed by atoms with van der Waals surface area (Å²) in [6.45, 7) is -0.329. The van der Waals surface area contributed by atoms with E-state index in [9.17, 15) is 13.2 Å². The molecule has 0 saturated carbocycles. The molecule has 2 rings (SSSR count). The zero-order valence-electron chi connectivity index (χ0n) is 10.1. The summed E-state index contributed by atoms with van der Waals surface area (Å²) in [7, 11) is 1.66. The number of alkyl halides is 2. The lowest BCUT2D eigenvalue weighted by Crippen LogP contribution is -2.09. The molecule has 0 unspecified atom stereocenters. The van der Waals surface area contributed by atoms with E-state index in [0.29, 0.717) is 12.2 Å². The van der Waals surface area contributed by atoms with Gasteiger partial charge in [0.2, 0.25) is 0 Å². The molecule has 4 nitrogen and oxygen atoms in total. The van der Waals surface area contributed by atoms with Crippen molar-refractivity contribution in [1.82, 2.24) is 9.78 Å². The van der Waals surface area contributed by atoms with Gasteiger partial charge in [-0.05, 0) is 12.1 Å². The first-order chi connectivity index (χ1) is 9.04. The Kier molecular flexibility index (Phi) is 4.31. The van der Waals surface area contributed by atoms with Crippen LogP contribution in [0.5, 0.6) is 5.88 Å². The Labute approximate surface area is 111 Å². The van der Waals surface area contributed by atoms with Crippen LogP contribution in [0.2, 0.25) is 0 Å². The molecule has 104 valence electrons. The number of aryl methyl sites for hydroxylation is 1. The molecule has 19 heavy (non-hydrogen) atoms. The van der Waals surface area contributed by atoms with Crippen LogP contribution in [0, 0.1) is 5.13 Å². The Hall–Kier alpha value is -1.70. The van der Waals surface area contributed by atoms with Crippen molar-refractivity contribution in [3.63, 3.8) is 0 Å². The van der Waals surface area contributed by atoms with Crippen LogP contribution >= 0.6 is 11.3 Å². The van der Waals surface area contributed by atoms with E-state index < -0.39 is 13.0 Å². The number of nitrogens with zero attached hydrogens (tertiary/aromatic N) is 2. The van der Waals surface area contributed by atoms with Crippen molar-refractivity contribution in [1.29, 1.82) is 0 Å². The Morgan fingerprint density at radius 1 is 1.47 bits per heavy atom. The number of halogens is 3. The second kappa shape index (κ2) is 5.96. The largest absolute Gasteiger partial charge is 0.469 e. The van der Waals surface area contributed by atoms with Crippen molar-refractivity contribution < 1.29 is 17.9 Å². The van der Waals surface area contributed by atoms with Gasteiger partial charge < -0.3 is 10.1 Å². The molecule has 1 N–H and O–H groups in total. The highest BCUT2D eigenvalue weighted by atomic mass is 32.1. The normalized spacial score (nSPS) is 11.0. The summed E-state index contributed by atoms with van der Waals surface area (Å²) in [5.74, 6) is 0.111. The molecule has 0 saturated heterocycles. The monoisotopic (exact) mass is 291 g/mol. The minimum Gasteiger partial charge on any atom is -0.469 e. The number of anilines is 1. The summed E-state index contributed by atoms with van der Waals surface area (Å²) in [4.78, 5) is 0.793. The van der Waals surface area contributed by atoms with Gasteiger partial charge in [-0.15, -0.1) is 16.4 Å². The molecule has 0 aliphatic carbocycles. The van der Waals surface area contributed by atoms with Crippen molar-refractivity contribution >= 4 is 17.0 Å². The predicted octanol–water partition coefficient (Wildman–Crippen LogP) is 2.88. The first-order valence-electron chi connectivity index (χ1n) is 5.47. The molecule has 2 aromatic rings. The molecule has 0 atom stereocenters. The molecular formula is C11H12F3N3OS. The highest BCUT2D eigenvalue weighted by Gasteiger charge is 2.12. The fourth-order valence-corrected chi connectivity index (χ4v) is 2.13. The third kappa shape index (κ3) is 3.88. The summed E-state index contributed by atoms with van der Waals surface area (Å²) < 4.78 is 43.4. The number of ether oxygens (including phenoxy) is 1. The van der Waals surface area contributed by atoms with Crippen molar-refractivity contribution in [2.75, 3.05) is 11.9 Å². The number of aromatic nitrogens is 2. The van der Waals surface area contributed by atoms with Crippen LogP contribution in [-0.4, -0.2) is 22.8 Å². The second-order valence-corrected chi connectivity index (χ2v) is 4.90. The number of hydrogen-bond acceptors (Lipinski definition) is 4. The molecule has 2 heterocycles. The number of thiophene rings is 1. The number of rotatable bonds is 6. The Balaban J connectivity index is 1.98. The predicted molar refractivity (Wildman–Crippen MR) is 66.3 cm³/mol. The van der Waals surface area contributed by atoms with Gasteiger partial charge in [-0.25, -0.2) is 8.78 Å². The van der Waals surface area contributed by atoms with Crippen LogP contribution in [0.1, 0.15) is 4.88 Å². The third-order valence-corrected chi connectivity index (χ3v) is 3.10. The SMILES string of the molecule is Cn1cc(NCc2ccc(F)s2)c(OCC(F)F)n1. The fraction of sp³-hybridized carbons (Fsp3) is 0.364. The quantitative estimate of drug-likeness (QED) is 0.889. The first-order valence-corrected chi connectivity index (χ1v) is 6.29. The number of nitrogens with one attached hydrogen (secondary N) is 1. The van der Waals surface area contributed by atoms with Gasteiger partial charge in [-0.2, -0.15) is 4.39 Å². The van der Waals surface area contributed by atoms with E-state index in [4.69, 9.17) is 4.74 Å². The zero-order valence-corrected chi connectivity index (χ0v) is 10.9. The summed E-state index contributed by atoms with van der Waals surface area (Å²) in [5.41, 5.74) is 0.497. The summed E-state index contributed by atoms with van der Waals surface area (Å²) in [6, 6.07) is 3.03. The van der Waals surface area contributed by atoms with Gasteiger partial charge in [0.25, 0.3) is 12.3 Å². The Bertz CT molecular complexity index is 541.